The van der Waals surface area contributed by atoms with Gasteiger partial charge < -0.3 is 5.32 Å². The Morgan fingerprint density at radius 2 is 1.85 bits per heavy atom. The number of thiocarbonyl (C=S) groups is 1. The molecule has 106 valence electrons. The molecule has 4 nitrogen and oxygen atoms in total. The van der Waals surface area contributed by atoms with Gasteiger partial charge in [0.1, 0.15) is 5.41 Å². The van der Waals surface area contributed by atoms with Gasteiger partial charge in [-0.1, -0.05) is 37.3 Å². The van der Waals surface area contributed by atoms with Crippen LogP contribution in [0.4, 0.5) is 0 Å². The van der Waals surface area contributed by atoms with Crippen LogP contribution in [0.5, 0.6) is 0 Å². The molecule has 1 fully saturated rings. The maximum absolute atomic E-state index is 12.7. The summed E-state index contributed by atoms with van der Waals surface area (Å²) < 4.78 is 0. The molecule has 20 heavy (non-hydrogen) atoms. The van der Waals surface area contributed by atoms with Crippen LogP contribution >= 0.6 is 12.2 Å². The molecule has 2 rings (SSSR count). The third-order valence-electron chi connectivity index (χ3n) is 3.82. The van der Waals surface area contributed by atoms with Crippen LogP contribution in [-0.2, 0) is 16.0 Å². The predicted molar refractivity (Wildman–Crippen MR) is 81.0 cm³/mol. The average Bonchev–Trinajstić information content (AvgIpc) is 2.45. The molecule has 1 saturated heterocycles. The summed E-state index contributed by atoms with van der Waals surface area (Å²) in [4.78, 5) is 26.6. The molecule has 0 aliphatic carbocycles. The minimum absolute atomic E-state index is 0.194. The fourth-order valence-corrected chi connectivity index (χ4v) is 2.86. The number of benzene rings is 1. The van der Waals surface area contributed by atoms with E-state index in [2.05, 4.69) is 5.32 Å². The Kier molecular flexibility index (Phi) is 4.18. The summed E-state index contributed by atoms with van der Waals surface area (Å²) in [5, 5.41) is 2.88. The molecule has 0 aromatic heterocycles. The molecule has 0 saturated carbocycles. The van der Waals surface area contributed by atoms with Crippen molar-refractivity contribution in [3.05, 3.63) is 35.9 Å². The first-order valence-corrected chi connectivity index (χ1v) is 7.17. The summed E-state index contributed by atoms with van der Waals surface area (Å²) in [5.41, 5.74) is -0.0821. The number of hydrogen-bond acceptors (Lipinski definition) is 3. The van der Waals surface area contributed by atoms with Crippen molar-refractivity contribution in [1.82, 2.24) is 10.2 Å². The molecule has 1 N–H and O–H groups in total. The van der Waals surface area contributed by atoms with Crippen molar-refractivity contribution in [2.75, 3.05) is 6.54 Å². The van der Waals surface area contributed by atoms with E-state index in [0.717, 1.165) is 5.56 Å². The number of hydrogen-bond donors (Lipinski definition) is 1. The van der Waals surface area contributed by atoms with E-state index in [1.54, 1.807) is 0 Å². The average molecular weight is 290 g/mol. The van der Waals surface area contributed by atoms with Gasteiger partial charge in [0.2, 0.25) is 11.8 Å². The first-order chi connectivity index (χ1) is 9.55. The Morgan fingerprint density at radius 3 is 2.40 bits per heavy atom. The SMILES string of the molecule is CCN1C(=O)C(CC)(Cc2ccccc2)C(=O)NC1=S. The van der Waals surface area contributed by atoms with Gasteiger partial charge in [0.25, 0.3) is 0 Å². The zero-order chi connectivity index (χ0) is 14.8. The zero-order valence-electron chi connectivity index (χ0n) is 11.7. The molecule has 0 radical (unpaired) electrons. The minimum Gasteiger partial charge on any atom is -0.302 e. The summed E-state index contributed by atoms with van der Waals surface area (Å²) in [6.07, 6.45) is 0.847. The molecule has 1 aliphatic heterocycles. The molecule has 1 heterocycles. The fraction of sp³-hybridized carbons (Fsp3) is 0.400. The highest BCUT2D eigenvalue weighted by Crippen LogP contribution is 2.32. The van der Waals surface area contributed by atoms with Gasteiger partial charge in [-0.2, -0.15) is 0 Å². The predicted octanol–water partition coefficient (Wildman–Crippen LogP) is 1.89. The Hall–Kier alpha value is -1.75. The molecule has 1 aromatic carbocycles. The number of nitrogens with one attached hydrogen (secondary N) is 1. The van der Waals surface area contributed by atoms with E-state index in [-0.39, 0.29) is 16.9 Å². The van der Waals surface area contributed by atoms with E-state index in [4.69, 9.17) is 12.2 Å². The molecule has 0 bridgehead atoms. The maximum atomic E-state index is 12.7. The highest BCUT2D eigenvalue weighted by molar-refractivity contribution is 7.80. The lowest BCUT2D eigenvalue weighted by atomic mass is 9.76. The van der Waals surface area contributed by atoms with E-state index in [1.165, 1.54) is 4.90 Å². The summed E-state index contributed by atoms with van der Waals surface area (Å²) >= 11 is 5.07. The minimum atomic E-state index is -1.06. The second kappa shape index (κ2) is 5.71. The molecule has 2 amide bonds. The van der Waals surface area contributed by atoms with Gasteiger partial charge in [-0.15, -0.1) is 0 Å². The van der Waals surface area contributed by atoms with Crippen LogP contribution < -0.4 is 5.32 Å². The summed E-state index contributed by atoms with van der Waals surface area (Å²) in [6, 6.07) is 9.60. The maximum Gasteiger partial charge on any atom is 0.244 e. The Balaban J connectivity index is 2.39. The number of carbonyl (C=O) groups excluding carboxylic acids is 2. The van der Waals surface area contributed by atoms with E-state index in [1.807, 2.05) is 44.2 Å². The van der Waals surface area contributed by atoms with Gasteiger partial charge in [-0.3, -0.25) is 14.5 Å². The molecule has 1 aliphatic rings. The summed E-state index contributed by atoms with van der Waals surface area (Å²) in [6.45, 7) is 4.18. The molecule has 1 aromatic rings. The second-order valence-electron chi connectivity index (χ2n) is 4.91. The van der Waals surface area contributed by atoms with E-state index in [9.17, 15) is 9.59 Å². The van der Waals surface area contributed by atoms with Crippen LogP contribution in [-0.4, -0.2) is 28.4 Å². The lowest BCUT2D eigenvalue weighted by Crippen LogP contribution is -2.64. The van der Waals surface area contributed by atoms with Crippen LogP contribution in [0, 0.1) is 5.41 Å². The van der Waals surface area contributed by atoms with Gasteiger partial charge in [0.05, 0.1) is 0 Å². The molecule has 0 spiro atoms. The number of carbonyl (C=O) groups is 2. The topological polar surface area (TPSA) is 49.4 Å². The van der Waals surface area contributed by atoms with Crippen LogP contribution in [0.3, 0.4) is 0 Å². The summed E-state index contributed by atoms with van der Waals surface area (Å²) in [5.74, 6) is -0.483. The van der Waals surface area contributed by atoms with Gasteiger partial charge in [-0.05, 0) is 37.5 Å². The molecule has 1 unspecified atom stereocenters. The zero-order valence-corrected chi connectivity index (χ0v) is 12.5. The Labute approximate surface area is 124 Å². The molecule has 5 heteroatoms. The third kappa shape index (κ3) is 2.33. The van der Waals surface area contributed by atoms with Crippen molar-refractivity contribution in [3.63, 3.8) is 0 Å². The van der Waals surface area contributed by atoms with Gasteiger partial charge in [0, 0.05) is 6.54 Å². The highest BCUT2D eigenvalue weighted by Gasteiger charge is 2.50. The van der Waals surface area contributed by atoms with Crippen LogP contribution in [0.2, 0.25) is 0 Å². The number of nitrogens with zero attached hydrogens (tertiary/aromatic N) is 1. The van der Waals surface area contributed by atoms with Gasteiger partial charge in [0.15, 0.2) is 5.11 Å². The molecular weight excluding hydrogens is 272 g/mol. The summed E-state index contributed by atoms with van der Waals surface area (Å²) in [7, 11) is 0. The first-order valence-electron chi connectivity index (χ1n) is 6.76. The molecular formula is C15H18N2O2S. The largest absolute Gasteiger partial charge is 0.302 e. The van der Waals surface area contributed by atoms with Crippen molar-refractivity contribution in [2.24, 2.45) is 5.41 Å². The lowest BCUT2D eigenvalue weighted by Gasteiger charge is -2.40. The normalized spacial score (nSPS) is 22.9. The Morgan fingerprint density at radius 1 is 1.20 bits per heavy atom. The van der Waals surface area contributed by atoms with Crippen molar-refractivity contribution < 1.29 is 9.59 Å². The van der Waals surface area contributed by atoms with Gasteiger partial charge >= 0.3 is 0 Å². The van der Waals surface area contributed by atoms with Crippen molar-refractivity contribution in [1.29, 1.82) is 0 Å². The first kappa shape index (κ1) is 14.7. The van der Waals surface area contributed by atoms with Crippen LogP contribution in [0.25, 0.3) is 0 Å². The second-order valence-corrected chi connectivity index (χ2v) is 5.29. The number of amides is 2. The van der Waals surface area contributed by atoms with Crippen molar-refractivity contribution in [2.45, 2.75) is 26.7 Å². The molecule has 1 atom stereocenters. The number of rotatable bonds is 4. The highest BCUT2D eigenvalue weighted by atomic mass is 32.1. The van der Waals surface area contributed by atoms with Crippen molar-refractivity contribution >= 4 is 29.1 Å². The van der Waals surface area contributed by atoms with E-state index >= 15 is 0 Å². The third-order valence-corrected chi connectivity index (χ3v) is 4.15. The van der Waals surface area contributed by atoms with Crippen LogP contribution in [0.15, 0.2) is 30.3 Å². The van der Waals surface area contributed by atoms with Crippen molar-refractivity contribution in [3.8, 4) is 0 Å². The standard InChI is InChI=1S/C15H18N2O2S/c1-3-15(10-11-8-6-5-7-9-11)12(18)16-14(20)17(4-2)13(15)19/h5-9H,3-4,10H2,1-2H3,(H,16,18,20). The van der Waals surface area contributed by atoms with Gasteiger partial charge in [-0.25, -0.2) is 0 Å². The Bertz CT molecular complexity index is 544. The van der Waals surface area contributed by atoms with Crippen LogP contribution in [0.1, 0.15) is 25.8 Å². The van der Waals surface area contributed by atoms with E-state index < -0.39 is 5.41 Å². The lowest BCUT2D eigenvalue weighted by molar-refractivity contribution is -0.150. The monoisotopic (exact) mass is 290 g/mol. The van der Waals surface area contributed by atoms with E-state index in [0.29, 0.717) is 19.4 Å². The fourth-order valence-electron chi connectivity index (χ4n) is 2.56. The quantitative estimate of drug-likeness (QED) is 0.680. The smallest absolute Gasteiger partial charge is 0.244 e.